The van der Waals surface area contributed by atoms with Crippen LogP contribution in [0.15, 0.2) is 18.2 Å². The van der Waals surface area contributed by atoms with Crippen molar-refractivity contribution < 1.29 is 14.6 Å². The van der Waals surface area contributed by atoms with Crippen LogP contribution < -0.4 is 0 Å². The average Bonchev–Trinajstić information content (AvgIpc) is 3.32. The van der Waals surface area contributed by atoms with Crippen molar-refractivity contribution in [3.05, 3.63) is 29.3 Å². The number of ketones is 1. The molecule has 0 aromatic heterocycles. The van der Waals surface area contributed by atoms with E-state index in [9.17, 15) is 9.90 Å². The second-order valence-corrected chi connectivity index (χ2v) is 9.01. The zero-order valence-electron chi connectivity index (χ0n) is 14.5. The van der Waals surface area contributed by atoms with Crippen molar-refractivity contribution in [1.82, 2.24) is 4.90 Å². The Labute approximate surface area is 148 Å². The smallest absolute Gasteiger partial charge is 0.162 e. The first-order chi connectivity index (χ1) is 12.1. The standard InChI is InChI=1S/C21H25NO3/c23-15-4-3-14-9-19-21-6-5-18(25-21)17(24)11-20(21,16(14)10-15)7-8-22(19)12-13-1-2-13/h3-4,10,13,18-19,23H,1-2,5-9,11-12H2. The van der Waals surface area contributed by atoms with Gasteiger partial charge in [0.1, 0.15) is 11.9 Å². The number of phenols is 1. The molecule has 4 heteroatoms. The molecule has 5 aliphatic rings. The highest BCUT2D eigenvalue weighted by atomic mass is 16.5. The number of aromatic hydroxyl groups is 1. The van der Waals surface area contributed by atoms with Crippen LogP contribution in [0.1, 0.15) is 49.7 Å². The van der Waals surface area contributed by atoms with E-state index >= 15 is 0 Å². The Morgan fingerprint density at radius 2 is 2.12 bits per heavy atom. The molecule has 1 N–H and O–H groups in total. The van der Waals surface area contributed by atoms with E-state index in [-0.39, 0.29) is 22.9 Å². The molecule has 4 fully saturated rings. The third kappa shape index (κ3) is 1.77. The van der Waals surface area contributed by atoms with Gasteiger partial charge >= 0.3 is 0 Å². The Bertz CT molecular complexity index is 772. The number of carbonyl (C=O) groups is 1. The summed E-state index contributed by atoms with van der Waals surface area (Å²) in [5.41, 5.74) is 2.06. The van der Waals surface area contributed by atoms with Crippen LogP contribution in [-0.4, -0.2) is 46.6 Å². The highest BCUT2D eigenvalue weighted by Gasteiger charge is 2.70. The van der Waals surface area contributed by atoms with Gasteiger partial charge in [-0.15, -0.1) is 0 Å². The fourth-order valence-corrected chi connectivity index (χ4v) is 6.50. The van der Waals surface area contributed by atoms with E-state index < -0.39 is 0 Å². The van der Waals surface area contributed by atoms with Gasteiger partial charge in [-0.25, -0.2) is 0 Å². The van der Waals surface area contributed by atoms with Crippen LogP contribution in [0.2, 0.25) is 0 Å². The summed E-state index contributed by atoms with van der Waals surface area (Å²) < 4.78 is 6.61. The zero-order chi connectivity index (χ0) is 16.8. The molecule has 4 atom stereocenters. The van der Waals surface area contributed by atoms with Gasteiger partial charge in [-0.1, -0.05) is 6.07 Å². The van der Waals surface area contributed by atoms with E-state index in [1.54, 1.807) is 6.07 Å². The van der Waals surface area contributed by atoms with E-state index in [4.69, 9.17) is 4.74 Å². The van der Waals surface area contributed by atoms with Gasteiger partial charge in [0, 0.05) is 24.4 Å². The van der Waals surface area contributed by atoms with Gasteiger partial charge in [-0.3, -0.25) is 9.69 Å². The van der Waals surface area contributed by atoms with E-state index in [1.807, 2.05) is 6.07 Å². The Kier molecular flexibility index (Phi) is 2.75. The Hall–Kier alpha value is -1.39. The molecule has 3 heterocycles. The number of likely N-dealkylation sites (tertiary alicyclic amines) is 1. The number of ether oxygens (including phenoxy) is 1. The highest BCUT2D eigenvalue weighted by Crippen LogP contribution is 2.63. The van der Waals surface area contributed by atoms with Gasteiger partial charge in [0.25, 0.3) is 0 Å². The van der Waals surface area contributed by atoms with Crippen molar-refractivity contribution in [2.45, 2.75) is 68.1 Å². The maximum absolute atomic E-state index is 12.8. The first-order valence-electron chi connectivity index (χ1n) is 9.88. The minimum Gasteiger partial charge on any atom is -0.508 e. The molecule has 1 saturated carbocycles. The van der Waals surface area contributed by atoms with Crippen LogP contribution in [0.4, 0.5) is 0 Å². The number of carbonyl (C=O) groups excluding carboxylic acids is 1. The van der Waals surface area contributed by atoms with Crippen molar-refractivity contribution in [1.29, 1.82) is 0 Å². The molecule has 1 spiro atoms. The number of hydrogen-bond acceptors (Lipinski definition) is 4. The summed E-state index contributed by atoms with van der Waals surface area (Å²) in [5, 5.41) is 10.1. The van der Waals surface area contributed by atoms with Crippen LogP contribution in [0.25, 0.3) is 0 Å². The molecular weight excluding hydrogens is 314 g/mol. The molecule has 4 unspecified atom stereocenters. The summed E-state index contributed by atoms with van der Waals surface area (Å²) in [5.74, 6) is 1.46. The summed E-state index contributed by atoms with van der Waals surface area (Å²) >= 11 is 0. The highest BCUT2D eigenvalue weighted by molar-refractivity contribution is 5.87. The van der Waals surface area contributed by atoms with Crippen molar-refractivity contribution in [2.24, 2.45) is 5.92 Å². The fraction of sp³-hybridized carbons (Fsp3) is 0.667. The van der Waals surface area contributed by atoms with Gasteiger partial charge < -0.3 is 9.84 Å². The summed E-state index contributed by atoms with van der Waals surface area (Å²) in [6.45, 7) is 2.25. The fourth-order valence-electron chi connectivity index (χ4n) is 6.50. The van der Waals surface area contributed by atoms with E-state index in [1.165, 1.54) is 30.5 Å². The van der Waals surface area contributed by atoms with Gasteiger partial charge in [-0.2, -0.15) is 0 Å². The summed E-state index contributed by atoms with van der Waals surface area (Å²) in [6.07, 6.45) is 6.99. The Morgan fingerprint density at radius 3 is 2.96 bits per heavy atom. The number of piperidine rings is 1. The van der Waals surface area contributed by atoms with Crippen molar-refractivity contribution in [3.8, 4) is 5.75 Å². The summed E-state index contributed by atoms with van der Waals surface area (Å²) in [7, 11) is 0. The lowest BCUT2D eigenvalue weighted by atomic mass is 9.52. The monoisotopic (exact) mass is 339 g/mol. The zero-order valence-corrected chi connectivity index (χ0v) is 14.5. The molecule has 6 rings (SSSR count). The minimum absolute atomic E-state index is 0.185. The molecule has 3 saturated heterocycles. The molecule has 25 heavy (non-hydrogen) atoms. The third-order valence-corrected chi connectivity index (χ3v) is 7.79. The SMILES string of the molecule is O=C1CC23CCN(CC4CC4)C(Cc4ccc(O)cc42)C32CCC1O2. The molecule has 132 valence electrons. The van der Waals surface area contributed by atoms with Crippen molar-refractivity contribution in [3.63, 3.8) is 0 Å². The third-order valence-electron chi connectivity index (χ3n) is 7.79. The molecule has 1 aromatic carbocycles. The second kappa shape index (κ2) is 4.66. The predicted octanol–water partition coefficient (Wildman–Crippen LogP) is 2.56. The normalized spacial score (nSPS) is 42.2. The number of benzene rings is 1. The van der Waals surface area contributed by atoms with Gasteiger partial charge in [0.15, 0.2) is 5.78 Å². The first kappa shape index (κ1) is 14.7. The number of rotatable bonds is 2. The minimum atomic E-state index is -0.228. The lowest BCUT2D eigenvalue weighted by Gasteiger charge is -2.63. The van der Waals surface area contributed by atoms with E-state index in [0.29, 0.717) is 18.2 Å². The Morgan fingerprint density at radius 1 is 1.24 bits per heavy atom. The number of hydrogen-bond donors (Lipinski definition) is 1. The molecule has 0 radical (unpaired) electrons. The van der Waals surface area contributed by atoms with E-state index in [0.717, 1.165) is 38.1 Å². The summed E-state index contributed by atoms with van der Waals surface area (Å²) in [4.78, 5) is 15.4. The number of phenolic OH excluding ortho intramolecular Hbond substituents is 1. The number of Topliss-reactive ketones (excluding diaryl/α,β-unsaturated/α-hetero) is 1. The largest absolute Gasteiger partial charge is 0.508 e. The van der Waals surface area contributed by atoms with E-state index in [2.05, 4.69) is 11.0 Å². The molecule has 2 aliphatic carbocycles. The average molecular weight is 339 g/mol. The molecule has 1 aromatic rings. The lowest BCUT2D eigenvalue weighted by molar-refractivity contribution is -0.201. The van der Waals surface area contributed by atoms with Crippen molar-refractivity contribution >= 4 is 5.78 Å². The van der Waals surface area contributed by atoms with Gasteiger partial charge in [0.05, 0.1) is 5.60 Å². The molecule has 4 bridgehead atoms. The van der Waals surface area contributed by atoms with Crippen molar-refractivity contribution in [2.75, 3.05) is 13.1 Å². The predicted molar refractivity (Wildman–Crippen MR) is 92.7 cm³/mol. The quantitative estimate of drug-likeness (QED) is 0.900. The van der Waals surface area contributed by atoms with Crippen LogP contribution in [0, 0.1) is 5.92 Å². The Balaban J connectivity index is 1.54. The van der Waals surface area contributed by atoms with Crippen LogP contribution in [0.5, 0.6) is 5.75 Å². The van der Waals surface area contributed by atoms with Gasteiger partial charge in [0.2, 0.25) is 0 Å². The maximum Gasteiger partial charge on any atom is 0.162 e. The number of nitrogens with zero attached hydrogens (tertiary/aromatic N) is 1. The molecular formula is C21H25NO3. The molecule has 0 amide bonds. The van der Waals surface area contributed by atoms with Crippen LogP contribution in [0.3, 0.4) is 0 Å². The van der Waals surface area contributed by atoms with Gasteiger partial charge in [-0.05, 0) is 74.2 Å². The number of fused-ring (bicyclic) bond motifs is 2. The lowest BCUT2D eigenvalue weighted by Crippen LogP contribution is -2.73. The van der Waals surface area contributed by atoms with Crippen LogP contribution in [-0.2, 0) is 21.4 Å². The first-order valence-corrected chi connectivity index (χ1v) is 9.88. The second-order valence-electron chi connectivity index (χ2n) is 9.01. The van der Waals surface area contributed by atoms with Crippen LogP contribution >= 0.6 is 0 Å². The maximum atomic E-state index is 12.8. The molecule has 4 nitrogen and oxygen atoms in total. The topological polar surface area (TPSA) is 49.8 Å². The molecule has 3 aliphatic heterocycles. The summed E-state index contributed by atoms with van der Waals surface area (Å²) in [6, 6.07) is 6.20.